The van der Waals surface area contributed by atoms with Crippen LogP contribution in [0.2, 0.25) is 10.0 Å². The van der Waals surface area contributed by atoms with Crippen molar-refractivity contribution in [2.75, 3.05) is 12.4 Å². The number of carbonyl (C=O) groups is 1. The summed E-state index contributed by atoms with van der Waals surface area (Å²) in [6, 6.07) is 19.5. The van der Waals surface area contributed by atoms with Crippen LogP contribution < -0.4 is 14.8 Å². The largest absolute Gasteiger partial charge is 0.493 e. The number of rotatable bonds is 7. The molecule has 0 saturated heterocycles. The predicted molar refractivity (Wildman–Crippen MR) is 113 cm³/mol. The summed E-state index contributed by atoms with van der Waals surface area (Å²) in [5.74, 6) is 1.75. The van der Waals surface area contributed by atoms with Crippen LogP contribution in [0.4, 0.5) is 5.69 Å². The number of para-hydroxylation sites is 2. The molecule has 0 bridgehead atoms. The Morgan fingerprint density at radius 3 is 2.36 bits per heavy atom. The molecule has 0 saturated carbocycles. The zero-order chi connectivity index (χ0) is 19.9. The first-order valence-corrected chi connectivity index (χ1v) is 9.16. The highest BCUT2D eigenvalue weighted by Gasteiger charge is 2.07. The Morgan fingerprint density at radius 2 is 1.68 bits per heavy atom. The predicted octanol–water partition coefficient (Wildman–Crippen LogP) is 6.60. The van der Waals surface area contributed by atoms with Gasteiger partial charge < -0.3 is 14.8 Å². The van der Waals surface area contributed by atoms with E-state index >= 15 is 0 Å². The summed E-state index contributed by atoms with van der Waals surface area (Å²) < 4.78 is 11.1. The van der Waals surface area contributed by atoms with Gasteiger partial charge in [-0.25, -0.2) is 0 Å². The summed E-state index contributed by atoms with van der Waals surface area (Å²) in [7, 11) is 1.60. The lowest BCUT2D eigenvalue weighted by Crippen LogP contribution is -1.97. The summed E-state index contributed by atoms with van der Waals surface area (Å²) in [6.07, 6.45) is 2.97. The van der Waals surface area contributed by atoms with Gasteiger partial charge in [-0.2, -0.15) is 0 Å². The fraction of sp³-hybridized carbons (Fsp3) is 0.0455. The standard InChI is InChI=1S/C22H17Cl2NO3/c1-27-21-4-2-3-5-22(21)28-17-9-7-16(8-10-17)25-13-12-20(26)18-11-6-15(23)14-19(18)24/h2-14,25H,1H3/b13-12+. The molecule has 0 fully saturated rings. The fourth-order valence-corrected chi connectivity index (χ4v) is 2.94. The van der Waals surface area contributed by atoms with Crippen LogP contribution in [0.1, 0.15) is 10.4 Å². The number of hydrogen-bond acceptors (Lipinski definition) is 4. The summed E-state index contributed by atoms with van der Waals surface area (Å²) >= 11 is 11.9. The van der Waals surface area contributed by atoms with E-state index in [2.05, 4.69) is 5.32 Å². The SMILES string of the molecule is COc1ccccc1Oc1ccc(N/C=C/C(=O)c2ccc(Cl)cc2Cl)cc1. The van der Waals surface area contributed by atoms with Crippen LogP contribution in [-0.2, 0) is 0 Å². The molecule has 3 aromatic rings. The number of nitrogens with one attached hydrogen (secondary N) is 1. The molecule has 0 aliphatic carbocycles. The van der Waals surface area contributed by atoms with Crippen LogP contribution >= 0.6 is 23.2 Å². The number of ketones is 1. The van der Waals surface area contributed by atoms with Crippen LogP contribution in [-0.4, -0.2) is 12.9 Å². The number of anilines is 1. The number of carbonyl (C=O) groups excluding carboxylic acids is 1. The molecule has 142 valence electrons. The molecule has 1 N–H and O–H groups in total. The van der Waals surface area contributed by atoms with Crippen molar-refractivity contribution < 1.29 is 14.3 Å². The van der Waals surface area contributed by atoms with Gasteiger partial charge in [0.15, 0.2) is 17.3 Å². The molecule has 0 unspecified atom stereocenters. The highest BCUT2D eigenvalue weighted by Crippen LogP contribution is 2.31. The van der Waals surface area contributed by atoms with Crippen molar-refractivity contribution in [3.63, 3.8) is 0 Å². The monoisotopic (exact) mass is 413 g/mol. The summed E-state index contributed by atoms with van der Waals surface area (Å²) in [5.41, 5.74) is 1.20. The number of hydrogen-bond donors (Lipinski definition) is 1. The van der Waals surface area contributed by atoms with Crippen molar-refractivity contribution >= 4 is 34.7 Å². The molecule has 4 nitrogen and oxygen atoms in total. The molecular weight excluding hydrogens is 397 g/mol. The van der Waals surface area contributed by atoms with Crippen LogP contribution in [0.5, 0.6) is 17.2 Å². The third kappa shape index (κ3) is 5.06. The maximum atomic E-state index is 12.2. The average molecular weight is 414 g/mol. The Bertz CT molecular complexity index is 1000. The Hall–Kier alpha value is -2.95. The second-order valence-corrected chi connectivity index (χ2v) is 6.59. The lowest BCUT2D eigenvalue weighted by Gasteiger charge is -2.10. The topological polar surface area (TPSA) is 47.6 Å². The normalized spacial score (nSPS) is 10.7. The first-order chi connectivity index (χ1) is 13.6. The molecule has 0 aliphatic heterocycles. The lowest BCUT2D eigenvalue weighted by molar-refractivity contribution is 0.104. The average Bonchev–Trinajstić information content (AvgIpc) is 2.69. The third-order valence-electron chi connectivity index (χ3n) is 3.83. The Labute approximate surface area is 173 Å². The van der Waals surface area contributed by atoms with Gasteiger partial charge >= 0.3 is 0 Å². The first-order valence-electron chi connectivity index (χ1n) is 8.40. The number of allylic oxidation sites excluding steroid dienone is 1. The molecule has 6 heteroatoms. The van der Waals surface area contributed by atoms with Gasteiger partial charge in [0.25, 0.3) is 0 Å². The fourth-order valence-electron chi connectivity index (χ4n) is 2.44. The zero-order valence-electron chi connectivity index (χ0n) is 15.0. The molecule has 0 heterocycles. The van der Waals surface area contributed by atoms with Gasteiger partial charge in [-0.1, -0.05) is 35.3 Å². The number of benzene rings is 3. The van der Waals surface area contributed by atoms with E-state index in [-0.39, 0.29) is 5.78 Å². The van der Waals surface area contributed by atoms with Crippen LogP contribution in [0.15, 0.2) is 79.0 Å². The van der Waals surface area contributed by atoms with Crippen LogP contribution in [0, 0.1) is 0 Å². The molecule has 0 aliphatic rings. The molecular formula is C22H17Cl2NO3. The van der Waals surface area contributed by atoms with E-state index in [4.69, 9.17) is 32.7 Å². The van der Waals surface area contributed by atoms with Gasteiger partial charge in [0.1, 0.15) is 5.75 Å². The minimum Gasteiger partial charge on any atom is -0.493 e. The van der Waals surface area contributed by atoms with Gasteiger partial charge in [0, 0.05) is 28.5 Å². The highest BCUT2D eigenvalue weighted by atomic mass is 35.5. The number of ether oxygens (including phenoxy) is 2. The molecule has 28 heavy (non-hydrogen) atoms. The van der Waals surface area contributed by atoms with Crippen molar-refractivity contribution in [2.45, 2.75) is 0 Å². The van der Waals surface area contributed by atoms with Crippen molar-refractivity contribution in [3.8, 4) is 17.2 Å². The molecule has 0 amide bonds. The Balaban J connectivity index is 1.61. The molecule has 0 atom stereocenters. The summed E-state index contributed by atoms with van der Waals surface area (Å²) in [5, 5.41) is 3.84. The quantitative estimate of drug-likeness (QED) is 0.349. The Kier molecular flexibility index (Phi) is 6.58. The minimum absolute atomic E-state index is 0.217. The van der Waals surface area contributed by atoms with Gasteiger partial charge in [0.2, 0.25) is 0 Å². The smallest absolute Gasteiger partial charge is 0.188 e. The highest BCUT2D eigenvalue weighted by molar-refractivity contribution is 6.37. The summed E-state index contributed by atoms with van der Waals surface area (Å²) in [6.45, 7) is 0. The molecule has 0 spiro atoms. The zero-order valence-corrected chi connectivity index (χ0v) is 16.5. The van der Waals surface area contributed by atoms with E-state index in [1.165, 1.54) is 12.1 Å². The summed E-state index contributed by atoms with van der Waals surface area (Å²) in [4.78, 5) is 12.2. The molecule has 3 rings (SSSR count). The van der Waals surface area contributed by atoms with E-state index in [1.807, 2.05) is 48.5 Å². The Morgan fingerprint density at radius 1 is 0.964 bits per heavy atom. The second-order valence-electron chi connectivity index (χ2n) is 5.74. The van der Waals surface area contributed by atoms with E-state index in [1.54, 1.807) is 25.4 Å². The minimum atomic E-state index is -0.217. The van der Waals surface area contributed by atoms with Gasteiger partial charge in [-0.15, -0.1) is 0 Å². The molecule has 3 aromatic carbocycles. The van der Waals surface area contributed by atoms with Crippen molar-refractivity contribution in [1.29, 1.82) is 0 Å². The maximum absolute atomic E-state index is 12.2. The lowest BCUT2D eigenvalue weighted by atomic mass is 10.1. The van der Waals surface area contributed by atoms with E-state index in [0.717, 1.165) is 5.69 Å². The molecule has 0 radical (unpaired) electrons. The van der Waals surface area contributed by atoms with Gasteiger partial charge in [-0.05, 0) is 54.6 Å². The first kappa shape index (κ1) is 19.8. The van der Waals surface area contributed by atoms with E-state index in [9.17, 15) is 4.79 Å². The van der Waals surface area contributed by atoms with Gasteiger partial charge in [0.05, 0.1) is 12.1 Å². The van der Waals surface area contributed by atoms with Crippen LogP contribution in [0.3, 0.4) is 0 Å². The molecule has 0 aromatic heterocycles. The van der Waals surface area contributed by atoms with Crippen molar-refractivity contribution in [2.24, 2.45) is 0 Å². The van der Waals surface area contributed by atoms with E-state index in [0.29, 0.717) is 32.9 Å². The maximum Gasteiger partial charge on any atom is 0.188 e. The van der Waals surface area contributed by atoms with Crippen molar-refractivity contribution in [1.82, 2.24) is 0 Å². The van der Waals surface area contributed by atoms with E-state index < -0.39 is 0 Å². The third-order valence-corrected chi connectivity index (χ3v) is 4.38. The second kappa shape index (κ2) is 9.31. The van der Waals surface area contributed by atoms with Crippen molar-refractivity contribution in [3.05, 3.63) is 94.6 Å². The number of methoxy groups -OCH3 is 1. The van der Waals surface area contributed by atoms with Gasteiger partial charge in [-0.3, -0.25) is 4.79 Å². The van der Waals surface area contributed by atoms with Crippen LogP contribution in [0.25, 0.3) is 0 Å². The number of halogens is 2.